The minimum atomic E-state index is 0.253. The van der Waals surface area contributed by atoms with E-state index in [9.17, 15) is 0 Å². The van der Waals surface area contributed by atoms with Crippen molar-refractivity contribution >= 4 is 11.8 Å². The molecule has 1 saturated heterocycles. The zero-order valence-electron chi connectivity index (χ0n) is 13.3. The van der Waals surface area contributed by atoms with Crippen molar-refractivity contribution in [3.8, 4) is 0 Å². The molecule has 1 fully saturated rings. The average Bonchev–Trinajstić information content (AvgIpc) is 2.81. The van der Waals surface area contributed by atoms with E-state index in [-0.39, 0.29) is 5.54 Å². The Labute approximate surface area is 124 Å². The Morgan fingerprint density at radius 3 is 2.26 bits per heavy atom. The van der Waals surface area contributed by atoms with Crippen LogP contribution in [0.3, 0.4) is 0 Å². The molecule has 1 heterocycles. The third-order valence-electron chi connectivity index (χ3n) is 4.82. The van der Waals surface area contributed by atoms with Gasteiger partial charge in [-0.05, 0) is 51.3 Å². The molecule has 0 amide bonds. The van der Waals surface area contributed by atoms with Crippen molar-refractivity contribution < 1.29 is 0 Å². The number of thioether (sulfide) groups is 1. The van der Waals surface area contributed by atoms with Gasteiger partial charge in [0.1, 0.15) is 0 Å². The van der Waals surface area contributed by atoms with E-state index in [1.54, 1.807) is 0 Å². The number of hydrogen-bond acceptors (Lipinski definition) is 4. The quantitative estimate of drug-likeness (QED) is 0.705. The van der Waals surface area contributed by atoms with E-state index in [4.69, 9.17) is 5.73 Å². The predicted octanol–water partition coefficient (Wildman–Crippen LogP) is 2.26. The van der Waals surface area contributed by atoms with Crippen molar-refractivity contribution in [3.05, 3.63) is 0 Å². The molecule has 0 aromatic heterocycles. The van der Waals surface area contributed by atoms with Gasteiger partial charge in [0, 0.05) is 17.3 Å². The molecular formula is C15H33N3S. The smallest absolute Gasteiger partial charge is 0.0455 e. The van der Waals surface area contributed by atoms with Crippen molar-refractivity contribution in [1.29, 1.82) is 0 Å². The summed E-state index contributed by atoms with van der Waals surface area (Å²) in [5.74, 6) is 1.27. The third kappa shape index (κ3) is 4.10. The normalized spacial score (nSPS) is 27.6. The van der Waals surface area contributed by atoms with E-state index in [1.165, 1.54) is 31.7 Å². The van der Waals surface area contributed by atoms with E-state index < -0.39 is 0 Å². The molecule has 1 aliphatic heterocycles. The summed E-state index contributed by atoms with van der Waals surface area (Å²) in [4.78, 5) is 5.16. The molecular weight excluding hydrogens is 254 g/mol. The van der Waals surface area contributed by atoms with Gasteiger partial charge in [-0.25, -0.2) is 0 Å². The van der Waals surface area contributed by atoms with Gasteiger partial charge in [-0.15, -0.1) is 0 Å². The lowest BCUT2D eigenvalue weighted by atomic mass is 9.90. The monoisotopic (exact) mass is 287 g/mol. The van der Waals surface area contributed by atoms with Crippen molar-refractivity contribution in [1.82, 2.24) is 9.80 Å². The van der Waals surface area contributed by atoms with E-state index in [0.29, 0.717) is 5.25 Å². The van der Waals surface area contributed by atoms with Crippen molar-refractivity contribution in [2.24, 2.45) is 5.73 Å². The fourth-order valence-electron chi connectivity index (χ4n) is 3.30. The summed E-state index contributed by atoms with van der Waals surface area (Å²) in [7, 11) is 0. The zero-order valence-corrected chi connectivity index (χ0v) is 14.1. The Kier molecular flexibility index (Phi) is 7.73. The van der Waals surface area contributed by atoms with Crippen LogP contribution in [0.2, 0.25) is 0 Å². The second-order valence-electron chi connectivity index (χ2n) is 5.53. The summed E-state index contributed by atoms with van der Waals surface area (Å²) in [5.41, 5.74) is 6.41. The molecule has 2 unspecified atom stereocenters. The molecule has 4 heteroatoms. The first-order valence-electron chi connectivity index (χ1n) is 7.93. The van der Waals surface area contributed by atoms with Gasteiger partial charge in [0.25, 0.3) is 0 Å². The SMILES string of the molecule is CCN(CC)CCCN(CC)C1(CN)CCSC1C. The lowest BCUT2D eigenvalue weighted by Crippen LogP contribution is -2.57. The zero-order chi connectivity index (χ0) is 14.3. The van der Waals surface area contributed by atoms with Crippen molar-refractivity contribution in [2.45, 2.75) is 51.3 Å². The summed E-state index contributed by atoms with van der Waals surface area (Å²) >= 11 is 2.09. The van der Waals surface area contributed by atoms with Crippen LogP contribution >= 0.6 is 11.8 Å². The molecule has 114 valence electrons. The summed E-state index contributed by atoms with van der Waals surface area (Å²) < 4.78 is 0. The van der Waals surface area contributed by atoms with Crippen molar-refractivity contribution in [3.63, 3.8) is 0 Å². The summed E-state index contributed by atoms with van der Waals surface area (Å²) in [6.07, 6.45) is 2.52. The van der Waals surface area contributed by atoms with E-state index in [2.05, 4.69) is 49.3 Å². The van der Waals surface area contributed by atoms with Gasteiger partial charge >= 0.3 is 0 Å². The summed E-state index contributed by atoms with van der Waals surface area (Å²) in [6, 6.07) is 0. The number of rotatable bonds is 9. The highest BCUT2D eigenvalue weighted by Gasteiger charge is 2.43. The van der Waals surface area contributed by atoms with Crippen LogP contribution in [0.15, 0.2) is 0 Å². The molecule has 0 aromatic carbocycles. The minimum absolute atomic E-state index is 0.253. The lowest BCUT2D eigenvalue weighted by Gasteiger charge is -2.43. The Balaban J connectivity index is 2.52. The van der Waals surface area contributed by atoms with E-state index in [0.717, 1.165) is 26.2 Å². The molecule has 0 saturated carbocycles. The fraction of sp³-hybridized carbons (Fsp3) is 1.00. The van der Waals surface area contributed by atoms with Crippen LogP contribution in [0.4, 0.5) is 0 Å². The maximum atomic E-state index is 6.15. The highest BCUT2D eigenvalue weighted by molar-refractivity contribution is 8.00. The molecule has 2 N–H and O–H groups in total. The van der Waals surface area contributed by atoms with Crippen molar-refractivity contribution in [2.75, 3.05) is 45.0 Å². The van der Waals surface area contributed by atoms with Crippen LogP contribution < -0.4 is 5.73 Å². The maximum absolute atomic E-state index is 6.15. The van der Waals surface area contributed by atoms with E-state index in [1.807, 2.05) is 0 Å². The van der Waals surface area contributed by atoms with Crippen LogP contribution in [0.25, 0.3) is 0 Å². The van der Waals surface area contributed by atoms with Crippen LogP contribution in [0.5, 0.6) is 0 Å². The highest BCUT2D eigenvalue weighted by Crippen LogP contribution is 2.39. The molecule has 1 rings (SSSR count). The second-order valence-corrected chi connectivity index (χ2v) is 6.98. The van der Waals surface area contributed by atoms with Gasteiger partial charge in [0.05, 0.1) is 0 Å². The predicted molar refractivity (Wildman–Crippen MR) is 88.0 cm³/mol. The van der Waals surface area contributed by atoms with Gasteiger partial charge in [-0.2, -0.15) is 11.8 Å². The first-order valence-corrected chi connectivity index (χ1v) is 8.98. The Morgan fingerprint density at radius 2 is 1.84 bits per heavy atom. The Bertz CT molecular complexity index is 246. The van der Waals surface area contributed by atoms with Crippen LogP contribution in [0.1, 0.15) is 40.5 Å². The second kappa shape index (κ2) is 8.50. The van der Waals surface area contributed by atoms with E-state index >= 15 is 0 Å². The largest absolute Gasteiger partial charge is 0.329 e. The molecule has 0 aromatic rings. The number of likely N-dealkylation sites (N-methyl/N-ethyl adjacent to an activating group) is 1. The molecule has 0 bridgehead atoms. The standard InChI is InChI=1S/C15H33N3S/c1-5-17(6-2)10-8-11-18(7-3)15(13-16)9-12-19-14(15)4/h14H,5-13,16H2,1-4H3. The van der Waals surface area contributed by atoms with Gasteiger partial charge < -0.3 is 10.6 Å². The molecule has 2 atom stereocenters. The Hall–Kier alpha value is 0.230. The fourth-order valence-corrected chi connectivity index (χ4v) is 4.80. The maximum Gasteiger partial charge on any atom is 0.0455 e. The lowest BCUT2D eigenvalue weighted by molar-refractivity contribution is 0.0974. The molecule has 19 heavy (non-hydrogen) atoms. The van der Waals surface area contributed by atoms with Gasteiger partial charge in [-0.1, -0.05) is 27.7 Å². The Morgan fingerprint density at radius 1 is 1.16 bits per heavy atom. The number of nitrogens with two attached hydrogens (primary N) is 1. The molecule has 0 spiro atoms. The van der Waals surface area contributed by atoms with Crippen LogP contribution in [0, 0.1) is 0 Å². The molecule has 1 aliphatic rings. The molecule has 0 aliphatic carbocycles. The number of hydrogen-bond donors (Lipinski definition) is 1. The first-order chi connectivity index (χ1) is 9.14. The summed E-state index contributed by atoms with van der Waals surface area (Å²) in [5, 5.41) is 0.672. The van der Waals surface area contributed by atoms with Crippen LogP contribution in [-0.4, -0.2) is 65.6 Å². The topological polar surface area (TPSA) is 32.5 Å². The third-order valence-corrected chi connectivity index (χ3v) is 6.20. The minimum Gasteiger partial charge on any atom is -0.329 e. The van der Waals surface area contributed by atoms with Gasteiger partial charge in [-0.3, -0.25) is 4.90 Å². The molecule has 3 nitrogen and oxygen atoms in total. The summed E-state index contributed by atoms with van der Waals surface area (Å²) in [6.45, 7) is 15.8. The van der Waals surface area contributed by atoms with Crippen LogP contribution in [-0.2, 0) is 0 Å². The highest BCUT2D eigenvalue weighted by atomic mass is 32.2. The average molecular weight is 288 g/mol. The molecule has 0 radical (unpaired) electrons. The van der Waals surface area contributed by atoms with Gasteiger partial charge in [0.15, 0.2) is 0 Å². The first kappa shape index (κ1) is 17.3. The van der Waals surface area contributed by atoms with Gasteiger partial charge in [0.2, 0.25) is 0 Å². The number of nitrogens with zero attached hydrogens (tertiary/aromatic N) is 2.